The monoisotopic (exact) mass is 246 g/mol. The Kier molecular flexibility index (Phi) is 3.55. The Hall–Kier alpha value is -1.97. The summed E-state index contributed by atoms with van der Waals surface area (Å²) >= 11 is 0. The van der Waals surface area contributed by atoms with Crippen LogP contribution in [0.25, 0.3) is 10.9 Å². The molecule has 1 aromatic carbocycles. The van der Waals surface area contributed by atoms with Gasteiger partial charge in [-0.15, -0.1) is 0 Å². The molecular formula is C14H18N2O2. The third kappa shape index (κ3) is 2.47. The molecule has 1 amide bonds. The van der Waals surface area contributed by atoms with Gasteiger partial charge in [-0.25, -0.2) is 0 Å². The van der Waals surface area contributed by atoms with Gasteiger partial charge in [0.15, 0.2) is 0 Å². The molecule has 0 saturated heterocycles. The highest BCUT2D eigenvalue weighted by atomic mass is 16.6. The molecule has 0 radical (unpaired) electrons. The number of amides is 1. The topological polar surface area (TPSA) is 43.3 Å². The van der Waals surface area contributed by atoms with Crippen molar-refractivity contribution >= 4 is 16.8 Å². The normalized spacial score (nSPS) is 10.6. The minimum absolute atomic E-state index is 0.00154. The highest BCUT2D eigenvalue weighted by Crippen LogP contribution is 2.22. The molecule has 0 aliphatic carbocycles. The second kappa shape index (κ2) is 5.12. The van der Waals surface area contributed by atoms with Gasteiger partial charge in [0.1, 0.15) is 7.11 Å². The molecule has 0 aliphatic heterocycles. The Balaban J connectivity index is 2.31. The van der Waals surface area contributed by atoms with Crippen LogP contribution in [0.15, 0.2) is 24.4 Å². The van der Waals surface area contributed by atoms with E-state index in [1.807, 2.05) is 6.20 Å². The zero-order valence-electron chi connectivity index (χ0n) is 11.0. The molecule has 1 aromatic heterocycles. The van der Waals surface area contributed by atoms with Crippen molar-refractivity contribution < 1.29 is 9.63 Å². The number of fused-ring (bicyclic) bond motifs is 1. The summed E-state index contributed by atoms with van der Waals surface area (Å²) in [6.07, 6.45) is 2.78. The van der Waals surface area contributed by atoms with Crippen LogP contribution in [0.2, 0.25) is 0 Å². The molecule has 96 valence electrons. The lowest BCUT2D eigenvalue weighted by atomic mass is 10.1. The van der Waals surface area contributed by atoms with Gasteiger partial charge in [-0.3, -0.25) is 4.79 Å². The van der Waals surface area contributed by atoms with Gasteiger partial charge in [0.05, 0.1) is 5.52 Å². The van der Waals surface area contributed by atoms with E-state index < -0.39 is 0 Å². The standard InChI is InChI=1S/C14H18N2O2/c1-10-4-5-14-13(8-10)12(9-16(14)18-3)6-7-15-11(2)17/h4-5,8-9H,6-7H2,1-3H3,(H,15,17). The summed E-state index contributed by atoms with van der Waals surface area (Å²) in [6, 6.07) is 6.26. The first-order chi connectivity index (χ1) is 8.61. The molecule has 0 bridgehead atoms. The average molecular weight is 246 g/mol. The van der Waals surface area contributed by atoms with Gasteiger partial charge in [0.25, 0.3) is 0 Å². The quantitative estimate of drug-likeness (QED) is 0.892. The maximum absolute atomic E-state index is 10.9. The lowest BCUT2D eigenvalue weighted by molar-refractivity contribution is -0.118. The summed E-state index contributed by atoms with van der Waals surface area (Å²) < 4.78 is 1.76. The minimum Gasteiger partial charge on any atom is -0.417 e. The van der Waals surface area contributed by atoms with Crippen molar-refractivity contribution in [2.45, 2.75) is 20.3 Å². The Labute approximate surface area is 107 Å². The predicted molar refractivity (Wildman–Crippen MR) is 71.6 cm³/mol. The van der Waals surface area contributed by atoms with Crippen molar-refractivity contribution in [3.8, 4) is 0 Å². The lowest BCUT2D eigenvalue weighted by Gasteiger charge is -2.01. The molecule has 0 atom stereocenters. The van der Waals surface area contributed by atoms with Gasteiger partial charge >= 0.3 is 0 Å². The first kappa shape index (κ1) is 12.5. The van der Waals surface area contributed by atoms with Gasteiger partial charge in [-0.2, -0.15) is 4.73 Å². The third-order valence-electron chi connectivity index (χ3n) is 2.97. The van der Waals surface area contributed by atoms with Crippen molar-refractivity contribution in [2.75, 3.05) is 13.7 Å². The number of rotatable bonds is 4. The molecule has 0 spiro atoms. The van der Waals surface area contributed by atoms with Crippen LogP contribution in [0.5, 0.6) is 0 Å². The van der Waals surface area contributed by atoms with Crippen LogP contribution in [0.1, 0.15) is 18.1 Å². The number of carbonyl (C=O) groups excluding carboxylic acids is 1. The van der Waals surface area contributed by atoms with E-state index in [1.165, 1.54) is 23.4 Å². The van der Waals surface area contributed by atoms with E-state index in [9.17, 15) is 4.79 Å². The molecule has 18 heavy (non-hydrogen) atoms. The number of nitrogens with zero attached hydrogens (tertiary/aromatic N) is 1. The minimum atomic E-state index is 0.00154. The molecule has 0 fully saturated rings. The highest BCUT2D eigenvalue weighted by Gasteiger charge is 2.08. The lowest BCUT2D eigenvalue weighted by Crippen LogP contribution is -2.22. The number of benzene rings is 1. The number of hydrogen-bond acceptors (Lipinski definition) is 2. The number of hydrogen-bond donors (Lipinski definition) is 1. The SMILES string of the molecule is COn1cc(CCNC(C)=O)c2cc(C)ccc21. The molecular weight excluding hydrogens is 228 g/mol. The van der Waals surface area contributed by atoms with Gasteiger partial charge in [-0.1, -0.05) is 11.6 Å². The fraction of sp³-hybridized carbons (Fsp3) is 0.357. The molecule has 0 unspecified atom stereocenters. The first-order valence-electron chi connectivity index (χ1n) is 6.01. The third-order valence-corrected chi connectivity index (χ3v) is 2.97. The van der Waals surface area contributed by atoms with Crippen LogP contribution in [-0.2, 0) is 11.2 Å². The van der Waals surface area contributed by atoms with E-state index in [0.29, 0.717) is 6.54 Å². The van der Waals surface area contributed by atoms with Crippen LogP contribution in [0.4, 0.5) is 0 Å². The number of aryl methyl sites for hydroxylation is 1. The molecule has 4 nitrogen and oxygen atoms in total. The molecule has 0 saturated carbocycles. The Morgan fingerprint density at radius 3 is 2.89 bits per heavy atom. The fourth-order valence-electron chi connectivity index (χ4n) is 2.10. The van der Waals surface area contributed by atoms with Gasteiger partial charge in [-0.05, 0) is 31.0 Å². The summed E-state index contributed by atoms with van der Waals surface area (Å²) in [7, 11) is 1.65. The second-order valence-corrected chi connectivity index (χ2v) is 4.42. The molecule has 2 rings (SSSR count). The summed E-state index contributed by atoms with van der Waals surface area (Å²) in [5.41, 5.74) is 3.46. The molecule has 1 heterocycles. The summed E-state index contributed by atoms with van der Waals surface area (Å²) in [5.74, 6) is 0.00154. The van der Waals surface area contributed by atoms with Crippen LogP contribution in [0.3, 0.4) is 0 Å². The van der Waals surface area contributed by atoms with Gasteiger partial charge in [0.2, 0.25) is 5.91 Å². The number of aromatic nitrogens is 1. The smallest absolute Gasteiger partial charge is 0.216 e. The Bertz CT molecular complexity index is 572. The van der Waals surface area contributed by atoms with Crippen LogP contribution >= 0.6 is 0 Å². The van der Waals surface area contributed by atoms with Crippen molar-refractivity contribution in [1.82, 2.24) is 10.0 Å². The molecule has 0 aliphatic rings. The van der Waals surface area contributed by atoms with E-state index >= 15 is 0 Å². The van der Waals surface area contributed by atoms with E-state index in [4.69, 9.17) is 4.84 Å². The van der Waals surface area contributed by atoms with Gasteiger partial charge < -0.3 is 10.2 Å². The molecule has 2 aromatic rings. The maximum atomic E-state index is 10.9. The van der Waals surface area contributed by atoms with Crippen molar-refractivity contribution in [2.24, 2.45) is 0 Å². The summed E-state index contributed by atoms with van der Waals surface area (Å²) in [6.45, 7) is 4.25. The van der Waals surface area contributed by atoms with E-state index in [-0.39, 0.29) is 5.91 Å². The molecule has 4 heteroatoms. The zero-order valence-corrected chi connectivity index (χ0v) is 11.0. The second-order valence-electron chi connectivity index (χ2n) is 4.42. The Morgan fingerprint density at radius 1 is 1.44 bits per heavy atom. The fourth-order valence-corrected chi connectivity index (χ4v) is 2.10. The van der Waals surface area contributed by atoms with Gasteiger partial charge in [0, 0.05) is 25.1 Å². The number of carbonyl (C=O) groups is 1. The summed E-state index contributed by atoms with van der Waals surface area (Å²) in [4.78, 5) is 16.2. The summed E-state index contributed by atoms with van der Waals surface area (Å²) in [5, 5.41) is 3.99. The van der Waals surface area contributed by atoms with Crippen LogP contribution in [0, 0.1) is 6.92 Å². The van der Waals surface area contributed by atoms with Crippen molar-refractivity contribution in [1.29, 1.82) is 0 Å². The highest BCUT2D eigenvalue weighted by molar-refractivity contribution is 5.84. The van der Waals surface area contributed by atoms with Crippen LogP contribution < -0.4 is 10.2 Å². The van der Waals surface area contributed by atoms with E-state index in [2.05, 4.69) is 30.4 Å². The first-order valence-corrected chi connectivity index (χ1v) is 6.01. The predicted octanol–water partition coefficient (Wildman–Crippen LogP) is 1.69. The van der Waals surface area contributed by atoms with Crippen LogP contribution in [-0.4, -0.2) is 24.3 Å². The maximum Gasteiger partial charge on any atom is 0.216 e. The largest absolute Gasteiger partial charge is 0.417 e. The molecule has 1 N–H and O–H groups in total. The van der Waals surface area contributed by atoms with Crippen molar-refractivity contribution in [3.05, 3.63) is 35.5 Å². The van der Waals surface area contributed by atoms with E-state index in [0.717, 1.165) is 11.9 Å². The van der Waals surface area contributed by atoms with E-state index in [1.54, 1.807) is 11.8 Å². The van der Waals surface area contributed by atoms with Crippen molar-refractivity contribution in [3.63, 3.8) is 0 Å². The average Bonchev–Trinajstić information content (AvgIpc) is 2.66. The number of nitrogens with one attached hydrogen (secondary N) is 1. The Morgan fingerprint density at radius 2 is 2.22 bits per heavy atom. The zero-order chi connectivity index (χ0) is 13.1.